The van der Waals surface area contributed by atoms with Crippen LogP contribution in [-0.4, -0.2) is 23.0 Å². The number of aliphatic carboxylic acids is 1. The number of hydrogen-bond acceptors (Lipinski definition) is 2. The molecule has 0 aromatic heterocycles. The van der Waals surface area contributed by atoms with E-state index in [9.17, 15) is 18.4 Å². The first-order valence-electron chi connectivity index (χ1n) is 6.44. The van der Waals surface area contributed by atoms with E-state index in [0.717, 1.165) is 12.5 Å². The topological polar surface area (TPSA) is 66.4 Å². The molecule has 1 saturated carbocycles. The fraction of sp³-hybridized carbons (Fsp3) is 0.429. The van der Waals surface area contributed by atoms with Gasteiger partial charge in [0.25, 0.3) is 0 Å². The average Bonchev–Trinajstić information content (AvgIpc) is 2.83. The van der Waals surface area contributed by atoms with Gasteiger partial charge in [0.2, 0.25) is 5.91 Å². The second-order valence-electron chi connectivity index (χ2n) is 4.94. The molecule has 4 nitrogen and oxygen atoms in total. The van der Waals surface area contributed by atoms with Crippen LogP contribution in [0.4, 0.5) is 8.78 Å². The van der Waals surface area contributed by atoms with Crippen molar-refractivity contribution in [3.63, 3.8) is 0 Å². The lowest BCUT2D eigenvalue weighted by molar-refractivity contribution is -0.142. The molecule has 108 valence electrons. The van der Waals surface area contributed by atoms with Gasteiger partial charge in [0.05, 0.1) is 12.3 Å². The van der Waals surface area contributed by atoms with Gasteiger partial charge in [-0.2, -0.15) is 0 Å². The van der Waals surface area contributed by atoms with Crippen molar-refractivity contribution in [2.24, 2.45) is 5.92 Å². The average molecular weight is 283 g/mol. The minimum Gasteiger partial charge on any atom is -0.481 e. The lowest BCUT2D eigenvalue weighted by Crippen LogP contribution is -2.40. The molecule has 0 heterocycles. The summed E-state index contributed by atoms with van der Waals surface area (Å²) < 4.78 is 26.4. The number of carboxylic acids is 1. The summed E-state index contributed by atoms with van der Waals surface area (Å²) >= 11 is 0. The second-order valence-corrected chi connectivity index (χ2v) is 4.94. The number of nitrogens with one attached hydrogen (secondary N) is 1. The number of benzene rings is 1. The predicted molar refractivity (Wildman–Crippen MR) is 67.0 cm³/mol. The fourth-order valence-corrected chi connectivity index (χ4v) is 2.54. The van der Waals surface area contributed by atoms with Crippen LogP contribution in [0.2, 0.25) is 0 Å². The van der Waals surface area contributed by atoms with E-state index in [1.54, 1.807) is 0 Å². The summed E-state index contributed by atoms with van der Waals surface area (Å²) in [6.07, 6.45) is 1.55. The zero-order valence-electron chi connectivity index (χ0n) is 10.7. The Morgan fingerprint density at radius 3 is 2.75 bits per heavy atom. The third-order valence-corrected chi connectivity index (χ3v) is 3.56. The highest BCUT2D eigenvalue weighted by atomic mass is 19.2. The highest BCUT2D eigenvalue weighted by Gasteiger charge is 2.33. The Morgan fingerprint density at radius 1 is 1.30 bits per heavy atom. The number of carboxylic acid groups (broad SMARTS) is 1. The molecule has 1 aliphatic rings. The maximum atomic E-state index is 13.4. The van der Waals surface area contributed by atoms with Gasteiger partial charge in [0, 0.05) is 11.6 Å². The van der Waals surface area contributed by atoms with Gasteiger partial charge in [-0.3, -0.25) is 9.59 Å². The minimum atomic E-state index is -1.04. The van der Waals surface area contributed by atoms with Crippen molar-refractivity contribution in [1.82, 2.24) is 5.32 Å². The van der Waals surface area contributed by atoms with Gasteiger partial charge in [0.15, 0.2) is 11.6 Å². The van der Waals surface area contributed by atoms with E-state index in [0.29, 0.717) is 12.8 Å². The fourth-order valence-electron chi connectivity index (χ4n) is 2.54. The van der Waals surface area contributed by atoms with Crippen molar-refractivity contribution in [3.8, 4) is 0 Å². The highest BCUT2D eigenvalue weighted by Crippen LogP contribution is 2.26. The molecule has 0 saturated heterocycles. The molecule has 2 unspecified atom stereocenters. The number of carbonyl (C=O) groups is 2. The zero-order valence-corrected chi connectivity index (χ0v) is 10.7. The van der Waals surface area contributed by atoms with Crippen LogP contribution in [0.3, 0.4) is 0 Å². The van der Waals surface area contributed by atoms with E-state index in [1.165, 1.54) is 12.1 Å². The maximum Gasteiger partial charge on any atom is 0.308 e. The number of hydrogen-bond donors (Lipinski definition) is 2. The Hall–Kier alpha value is -1.98. The Balaban J connectivity index is 1.99. The summed E-state index contributed by atoms with van der Waals surface area (Å²) in [5, 5.41) is 11.6. The molecule has 0 bridgehead atoms. The molecule has 1 fully saturated rings. The van der Waals surface area contributed by atoms with Gasteiger partial charge in [-0.25, -0.2) is 8.78 Å². The monoisotopic (exact) mass is 283 g/mol. The summed E-state index contributed by atoms with van der Waals surface area (Å²) in [7, 11) is 0. The Kier molecular flexibility index (Phi) is 4.32. The largest absolute Gasteiger partial charge is 0.481 e. The summed E-state index contributed by atoms with van der Waals surface area (Å²) in [5.74, 6) is -4.07. The molecule has 1 aromatic carbocycles. The summed E-state index contributed by atoms with van der Waals surface area (Å²) in [6.45, 7) is 0. The van der Waals surface area contributed by atoms with Crippen LogP contribution in [0.25, 0.3) is 0 Å². The van der Waals surface area contributed by atoms with Crippen LogP contribution < -0.4 is 5.32 Å². The van der Waals surface area contributed by atoms with Gasteiger partial charge in [-0.05, 0) is 18.9 Å². The molecular weight excluding hydrogens is 268 g/mol. The molecule has 6 heteroatoms. The Bertz CT molecular complexity index is 533. The first-order valence-corrected chi connectivity index (χ1v) is 6.44. The van der Waals surface area contributed by atoms with Crippen LogP contribution >= 0.6 is 0 Å². The van der Waals surface area contributed by atoms with Gasteiger partial charge in [0.1, 0.15) is 0 Å². The van der Waals surface area contributed by atoms with Gasteiger partial charge >= 0.3 is 5.97 Å². The van der Waals surface area contributed by atoms with E-state index in [4.69, 9.17) is 5.11 Å². The predicted octanol–water partition coefficient (Wildman–Crippen LogP) is 1.88. The molecule has 0 spiro atoms. The Morgan fingerprint density at radius 2 is 2.05 bits per heavy atom. The van der Waals surface area contributed by atoms with Crippen LogP contribution in [0.1, 0.15) is 24.8 Å². The van der Waals surface area contributed by atoms with Gasteiger partial charge in [-0.1, -0.05) is 18.6 Å². The smallest absolute Gasteiger partial charge is 0.308 e. The van der Waals surface area contributed by atoms with Crippen LogP contribution in [0.15, 0.2) is 18.2 Å². The molecule has 1 aliphatic carbocycles. The molecule has 2 atom stereocenters. The van der Waals surface area contributed by atoms with Crippen molar-refractivity contribution in [2.75, 3.05) is 0 Å². The summed E-state index contributed by atoms with van der Waals surface area (Å²) in [6, 6.07) is 3.21. The molecule has 1 amide bonds. The zero-order chi connectivity index (χ0) is 14.7. The number of rotatable bonds is 4. The first kappa shape index (κ1) is 14.4. The molecule has 2 N–H and O–H groups in total. The molecule has 0 aliphatic heterocycles. The molecular formula is C14H15F2NO3. The SMILES string of the molecule is O=C(Cc1cccc(F)c1F)NC1CCCC1C(=O)O. The summed E-state index contributed by atoms with van der Waals surface area (Å²) in [4.78, 5) is 22.8. The van der Waals surface area contributed by atoms with Crippen LogP contribution in [-0.2, 0) is 16.0 Å². The standard InChI is InChI=1S/C14H15F2NO3/c15-10-5-1-3-8(13(10)16)7-12(18)17-11-6-2-4-9(11)14(19)20/h1,3,5,9,11H,2,4,6-7H2,(H,17,18)(H,19,20). The van der Waals surface area contributed by atoms with Crippen LogP contribution in [0, 0.1) is 17.6 Å². The number of halogens is 2. The van der Waals surface area contributed by atoms with E-state index in [1.807, 2.05) is 0 Å². The normalized spacial score (nSPS) is 21.7. The number of carbonyl (C=O) groups excluding carboxylic acids is 1. The summed E-state index contributed by atoms with van der Waals surface area (Å²) in [5.41, 5.74) is -0.0348. The second kappa shape index (κ2) is 5.98. The quantitative estimate of drug-likeness (QED) is 0.886. The molecule has 1 aromatic rings. The van der Waals surface area contributed by atoms with Crippen molar-refractivity contribution in [2.45, 2.75) is 31.7 Å². The van der Waals surface area contributed by atoms with Crippen molar-refractivity contribution in [3.05, 3.63) is 35.4 Å². The lowest BCUT2D eigenvalue weighted by Gasteiger charge is -2.17. The molecule has 2 rings (SSSR count). The molecule has 0 radical (unpaired) electrons. The van der Waals surface area contributed by atoms with E-state index in [-0.39, 0.29) is 12.0 Å². The van der Waals surface area contributed by atoms with Crippen molar-refractivity contribution in [1.29, 1.82) is 0 Å². The minimum absolute atomic E-state index is 0.0348. The van der Waals surface area contributed by atoms with E-state index >= 15 is 0 Å². The van der Waals surface area contributed by atoms with E-state index in [2.05, 4.69) is 5.32 Å². The number of amides is 1. The van der Waals surface area contributed by atoms with Crippen molar-refractivity contribution < 1.29 is 23.5 Å². The maximum absolute atomic E-state index is 13.4. The Labute approximate surface area is 114 Å². The third kappa shape index (κ3) is 3.12. The van der Waals surface area contributed by atoms with E-state index < -0.39 is 35.5 Å². The molecule has 20 heavy (non-hydrogen) atoms. The first-order chi connectivity index (χ1) is 9.49. The van der Waals surface area contributed by atoms with Gasteiger partial charge < -0.3 is 10.4 Å². The van der Waals surface area contributed by atoms with Gasteiger partial charge in [-0.15, -0.1) is 0 Å². The third-order valence-electron chi connectivity index (χ3n) is 3.56. The van der Waals surface area contributed by atoms with Crippen molar-refractivity contribution >= 4 is 11.9 Å². The highest BCUT2D eigenvalue weighted by molar-refractivity contribution is 5.80. The lowest BCUT2D eigenvalue weighted by atomic mass is 10.0. The van der Waals surface area contributed by atoms with Crippen LogP contribution in [0.5, 0.6) is 0 Å².